The van der Waals surface area contributed by atoms with E-state index in [2.05, 4.69) is 5.32 Å². The number of ether oxygens (including phenoxy) is 1. The Morgan fingerprint density at radius 3 is 2.20 bits per heavy atom. The minimum absolute atomic E-state index is 0.0263. The Morgan fingerprint density at radius 2 is 1.60 bits per heavy atom. The van der Waals surface area contributed by atoms with Crippen LogP contribution in [0.2, 0.25) is 5.02 Å². The number of carbonyl (C=O) groups excluding carboxylic acids is 1. The van der Waals surface area contributed by atoms with Crippen LogP contribution in [0.15, 0.2) is 66.7 Å². The predicted molar refractivity (Wildman–Crippen MR) is 109 cm³/mol. The van der Waals surface area contributed by atoms with Gasteiger partial charge in [-0.3, -0.25) is 25.0 Å². The summed E-state index contributed by atoms with van der Waals surface area (Å²) in [6.45, 7) is 0.200. The van der Waals surface area contributed by atoms with Crippen molar-refractivity contribution in [2.75, 3.05) is 0 Å². The Hall–Kier alpha value is -3.98. The third-order valence-electron chi connectivity index (χ3n) is 4.06. The Labute approximate surface area is 175 Å². The maximum absolute atomic E-state index is 12.3. The van der Waals surface area contributed by atoms with Gasteiger partial charge in [0, 0.05) is 35.3 Å². The van der Waals surface area contributed by atoms with Crippen molar-refractivity contribution < 1.29 is 19.4 Å². The summed E-state index contributed by atoms with van der Waals surface area (Å²) in [6, 6.07) is 16.0. The highest BCUT2D eigenvalue weighted by atomic mass is 35.5. The number of rotatable bonds is 7. The van der Waals surface area contributed by atoms with Crippen LogP contribution < -0.4 is 10.1 Å². The molecule has 10 heteroatoms. The van der Waals surface area contributed by atoms with Crippen LogP contribution in [-0.4, -0.2) is 15.8 Å². The molecule has 0 saturated heterocycles. The second kappa shape index (κ2) is 9.01. The van der Waals surface area contributed by atoms with Crippen molar-refractivity contribution in [3.05, 3.63) is 103 Å². The molecular formula is C20H14ClN3O6. The summed E-state index contributed by atoms with van der Waals surface area (Å²) in [5.41, 5.74) is 0.771. The Morgan fingerprint density at radius 1 is 0.933 bits per heavy atom. The van der Waals surface area contributed by atoms with Crippen molar-refractivity contribution in [3.8, 4) is 11.5 Å². The van der Waals surface area contributed by atoms with Gasteiger partial charge >= 0.3 is 5.69 Å². The number of carbonyl (C=O) groups is 1. The number of hydrogen-bond acceptors (Lipinski definition) is 6. The molecule has 0 unspecified atom stereocenters. The molecule has 0 saturated carbocycles. The molecule has 0 bridgehead atoms. The molecule has 30 heavy (non-hydrogen) atoms. The van der Waals surface area contributed by atoms with E-state index >= 15 is 0 Å². The fourth-order valence-electron chi connectivity index (χ4n) is 2.54. The first kappa shape index (κ1) is 20.7. The van der Waals surface area contributed by atoms with Gasteiger partial charge in [-0.25, -0.2) is 0 Å². The van der Waals surface area contributed by atoms with Crippen LogP contribution in [0.25, 0.3) is 0 Å². The number of nitrogens with one attached hydrogen (secondary N) is 1. The summed E-state index contributed by atoms with van der Waals surface area (Å²) < 4.78 is 5.53. The Kier molecular flexibility index (Phi) is 6.23. The first-order chi connectivity index (χ1) is 14.3. The molecule has 0 aliphatic heterocycles. The molecule has 0 fully saturated rings. The summed E-state index contributed by atoms with van der Waals surface area (Å²) in [5, 5.41) is 24.7. The highest BCUT2D eigenvalue weighted by molar-refractivity contribution is 6.30. The highest BCUT2D eigenvalue weighted by Gasteiger charge is 2.16. The SMILES string of the molecule is O=C(NCc1ccc([N+](=O)[O-])cc1)c1ccc(Oc2ccc(Cl)cc2[N+](=O)[O-])cc1. The van der Waals surface area contributed by atoms with E-state index in [0.717, 1.165) is 0 Å². The van der Waals surface area contributed by atoms with Gasteiger partial charge in [-0.05, 0) is 42.0 Å². The molecule has 0 aliphatic rings. The number of non-ortho nitro benzene ring substituents is 1. The van der Waals surface area contributed by atoms with E-state index in [9.17, 15) is 25.0 Å². The van der Waals surface area contributed by atoms with E-state index in [-0.39, 0.29) is 34.6 Å². The second-order valence-corrected chi connectivity index (χ2v) is 6.54. The molecule has 3 aromatic carbocycles. The molecule has 0 heterocycles. The fourth-order valence-corrected chi connectivity index (χ4v) is 2.71. The number of benzene rings is 3. The highest BCUT2D eigenvalue weighted by Crippen LogP contribution is 2.33. The molecule has 0 radical (unpaired) electrons. The number of nitrogens with zero attached hydrogens (tertiary/aromatic N) is 2. The van der Waals surface area contributed by atoms with Crippen molar-refractivity contribution in [1.29, 1.82) is 0 Å². The zero-order valence-corrected chi connectivity index (χ0v) is 16.0. The normalized spacial score (nSPS) is 10.3. The maximum atomic E-state index is 12.3. The average molecular weight is 428 g/mol. The lowest BCUT2D eigenvalue weighted by molar-refractivity contribution is -0.385. The van der Waals surface area contributed by atoms with Crippen LogP contribution in [0.1, 0.15) is 15.9 Å². The first-order valence-corrected chi connectivity index (χ1v) is 8.94. The van der Waals surface area contributed by atoms with Crippen molar-refractivity contribution in [1.82, 2.24) is 5.32 Å². The van der Waals surface area contributed by atoms with Gasteiger partial charge in [-0.1, -0.05) is 23.7 Å². The third-order valence-corrected chi connectivity index (χ3v) is 4.30. The van der Waals surface area contributed by atoms with Gasteiger partial charge in [-0.2, -0.15) is 0 Å². The van der Waals surface area contributed by atoms with Gasteiger partial charge in [0.25, 0.3) is 11.6 Å². The number of halogens is 1. The summed E-state index contributed by atoms with van der Waals surface area (Å²) in [7, 11) is 0. The molecule has 9 nitrogen and oxygen atoms in total. The summed E-state index contributed by atoms with van der Waals surface area (Å²) in [6.07, 6.45) is 0. The molecule has 0 atom stereocenters. The monoisotopic (exact) mass is 427 g/mol. The molecular weight excluding hydrogens is 414 g/mol. The van der Waals surface area contributed by atoms with E-state index < -0.39 is 9.85 Å². The van der Waals surface area contributed by atoms with Crippen molar-refractivity contribution in [3.63, 3.8) is 0 Å². The van der Waals surface area contributed by atoms with E-state index in [1.54, 1.807) is 12.1 Å². The van der Waals surface area contributed by atoms with Crippen molar-refractivity contribution >= 4 is 28.9 Å². The quantitative estimate of drug-likeness (QED) is 0.423. The van der Waals surface area contributed by atoms with Gasteiger partial charge in [0.05, 0.1) is 9.85 Å². The Bertz CT molecular complexity index is 1100. The zero-order chi connectivity index (χ0) is 21.7. The molecule has 1 amide bonds. The fraction of sp³-hybridized carbons (Fsp3) is 0.0500. The molecule has 3 aromatic rings. The van der Waals surface area contributed by atoms with Crippen LogP contribution in [-0.2, 0) is 6.54 Å². The average Bonchev–Trinajstić information content (AvgIpc) is 2.74. The molecule has 0 aliphatic carbocycles. The molecule has 1 N–H and O–H groups in total. The van der Waals surface area contributed by atoms with Crippen LogP contribution in [0.5, 0.6) is 11.5 Å². The lowest BCUT2D eigenvalue weighted by atomic mass is 10.1. The summed E-state index contributed by atoms with van der Waals surface area (Å²) >= 11 is 5.78. The topological polar surface area (TPSA) is 125 Å². The maximum Gasteiger partial charge on any atom is 0.313 e. The van der Waals surface area contributed by atoms with Crippen molar-refractivity contribution in [2.24, 2.45) is 0 Å². The smallest absolute Gasteiger partial charge is 0.313 e. The van der Waals surface area contributed by atoms with Crippen molar-refractivity contribution in [2.45, 2.75) is 6.54 Å². The summed E-state index contributed by atoms with van der Waals surface area (Å²) in [4.78, 5) is 33.0. The molecule has 3 rings (SSSR count). The van der Waals surface area contributed by atoms with E-state index in [0.29, 0.717) is 16.9 Å². The van der Waals surface area contributed by atoms with E-state index in [4.69, 9.17) is 16.3 Å². The van der Waals surface area contributed by atoms with Gasteiger partial charge in [-0.15, -0.1) is 0 Å². The predicted octanol–water partition coefficient (Wildman–Crippen LogP) is 4.88. The lowest BCUT2D eigenvalue weighted by Crippen LogP contribution is -2.22. The number of amides is 1. The van der Waals surface area contributed by atoms with E-state index in [1.807, 2.05) is 0 Å². The van der Waals surface area contributed by atoms with Gasteiger partial charge < -0.3 is 10.1 Å². The van der Waals surface area contributed by atoms with Gasteiger partial charge in [0.1, 0.15) is 5.75 Å². The molecule has 0 spiro atoms. The number of nitro groups is 2. The van der Waals surface area contributed by atoms with Crippen LogP contribution >= 0.6 is 11.6 Å². The first-order valence-electron chi connectivity index (χ1n) is 8.57. The minimum atomic E-state index is -0.596. The lowest BCUT2D eigenvalue weighted by Gasteiger charge is -2.08. The third kappa shape index (κ3) is 5.09. The van der Waals surface area contributed by atoms with Crippen LogP contribution in [0, 0.1) is 20.2 Å². The second-order valence-electron chi connectivity index (χ2n) is 6.10. The van der Waals surface area contributed by atoms with Crippen LogP contribution in [0.3, 0.4) is 0 Å². The summed E-state index contributed by atoms with van der Waals surface area (Å²) in [5.74, 6) is -0.00973. The molecule has 0 aromatic heterocycles. The number of hydrogen-bond donors (Lipinski definition) is 1. The molecule has 152 valence electrons. The number of nitro benzene ring substituents is 2. The van der Waals surface area contributed by atoms with Gasteiger partial charge in [0.2, 0.25) is 5.75 Å². The standard InChI is InChI=1S/C20H14ClN3O6/c21-15-5-10-19(18(11-15)24(28)29)30-17-8-3-14(4-9-17)20(25)22-12-13-1-6-16(7-2-13)23(26)27/h1-11H,12H2,(H,22,25). The minimum Gasteiger partial charge on any atom is -0.450 e. The largest absolute Gasteiger partial charge is 0.450 e. The zero-order valence-electron chi connectivity index (χ0n) is 15.3. The van der Waals surface area contributed by atoms with Gasteiger partial charge in [0.15, 0.2) is 0 Å². The van der Waals surface area contributed by atoms with E-state index in [1.165, 1.54) is 54.6 Å². The van der Waals surface area contributed by atoms with Crippen LogP contribution in [0.4, 0.5) is 11.4 Å². The Balaban J connectivity index is 1.63.